The molecule has 0 aliphatic heterocycles. The standard InChI is InChI=1S/C15H24N2O2/c1-17(8-10-18-12-13-2-3-13)9-11-19-15-6-4-14(16)5-7-15/h4-7,13H,2-3,8-12,16H2,1H3. The second kappa shape index (κ2) is 7.36. The molecule has 2 rings (SSSR count). The Morgan fingerprint density at radius 2 is 1.84 bits per heavy atom. The summed E-state index contributed by atoms with van der Waals surface area (Å²) in [5.41, 5.74) is 6.38. The number of anilines is 1. The summed E-state index contributed by atoms with van der Waals surface area (Å²) in [6.07, 6.45) is 2.70. The van der Waals surface area contributed by atoms with Gasteiger partial charge in [0, 0.05) is 25.4 Å². The molecule has 0 radical (unpaired) electrons. The lowest BCUT2D eigenvalue weighted by Gasteiger charge is -2.17. The van der Waals surface area contributed by atoms with E-state index in [9.17, 15) is 0 Å². The Balaban J connectivity index is 1.50. The minimum absolute atomic E-state index is 0.684. The van der Waals surface area contributed by atoms with E-state index in [1.807, 2.05) is 24.3 Å². The Labute approximate surface area is 115 Å². The molecule has 4 heteroatoms. The number of nitrogens with two attached hydrogens (primary N) is 1. The summed E-state index contributed by atoms with van der Waals surface area (Å²) in [5, 5.41) is 0. The Morgan fingerprint density at radius 3 is 2.53 bits per heavy atom. The van der Waals surface area contributed by atoms with Crippen LogP contribution in [0.5, 0.6) is 5.75 Å². The lowest BCUT2D eigenvalue weighted by molar-refractivity contribution is 0.0992. The number of nitrogen functional groups attached to an aromatic ring is 1. The van der Waals surface area contributed by atoms with E-state index >= 15 is 0 Å². The van der Waals surface area contributed by atoms with E-state index < -0.39 is 0 Å². The fourth-order valence-electron chi connectivity index (χ4n) is 1.75. The van der Waals surface area contributed by atoms with Gasteiger partial charge in [-0.25, -0.2) is 0 Å². The summed E-state index contributed by atoms with van der Waals surface area (Å²) in [7, 11) is 2.09. The van der Waals surface area contributed by atoms with Gasteiger partial charge in [-0.3, -0.25) is 0 Å². The van der Waals surface area contributed by atoms with Crippen molar-refractivity contribution in [2.75, 3.05) is 45.7 Å². The van der Waals surface area contributed by atoms with Crippen molar-refractivity contribution < 1.29 is 9.47 Å². The molecule has 0 bridgehead atoms. The zero-order valence-electron chi connectivity index (χ0n) is 11.7. The third kappa shape index (κ3) is 5.94. The number of benzene rings is 1. The van der Waals surface area contributed by atoms with Crippen molar-refractivity contribution >= 4 is 5.69 Å². The third-order valence-corrected chi connectivity index (χ3v) is 3.29. The molecule has 0 aromatic heterocycles. The van der Waals surface area contributed by atoms with Crippen molar-refractivity contribution in [2.24, 2.45) is 5.92 Å². The number of ether oxygens (including phenoxy) is 2. The Morgan fingerprint density at radius 1 is 1.16 bits per heavy atom. The van der Waals surface area contributed by atoms with Crippen LogP contribution in [0, 0.1) is 5.92 Å². The van der Waals surface area contributed by atoms with E-state index in [4.69, 9.17) is 15.2 Å². The number of hydrogen-bond donors (Lipinski definition) is 1. The zero-order chi connectivity index (χ0) is 13.5. The average molecular weight is 264 g/mol. The highest BCUT2D eigenvalue weighted by atomic mass is 16.5. The molecule has 2 N–H and O–H groups in total. The van der Waals surface area contributed by atoms with E-state index in [0.29, 0.717) is 6.61 Å². The Bertz CT molecular complexity index is 363. The molecular formula is C15H24N2O2. The van der Waals surface area contributed by atoms with Gasteiger partial charge in [-0.2, -0.15) is 0 Å². The van der Waals surface area contributed by atoms with E-state index in [1.165, 1.54) is 12.8 Å². The topological polar surface area (TPSA) is 47.7 Å². The predicted octanol–water partition coefficient (Wildman–Crippen LogP) is 2.01. The van der Waals surface area contributed by atoms with Gasteiger partial charge in [0.15, 0.2) is 0 Å². The molecule has 4 nitrogen and oxygen atoms in total. The first-order chi connectivity index (χ1) is 9.24. The van der Waals surface area contributed by atoms with E-state index in [-0.39, 0.29) is 0 Å². The molecule has 0 amide bonds. The number of nitrogens with zero attached hydrogens (tertiary/aromatic N) is 1. The van der Waals surface area contributed by atoms with Crippen LogP contribution in [-0.4, -0.2) is 44.9 Å². The monoisotopic (exact) mass is 264 g/mol. The molecule has 0 unspecified atom stereocenters. The van der Waals surface area contributed by atoms with Gasteiger partial charge >= 0.3 is 0 Å². The molecule has 1 aliphatic rings. The van der Waals surface area contributed by atoms with Gasteiger partial charge in [-0.1, -0.05) is 0 Å². The van der Waals surface area contributed by atoms with Crippen LogP contribution in [-0.2, 0) is 4.74 Å². The van der Waals surface area contributed by atoms with E-state index in [0.717, 1.165) is 43.7 Å². The van der Waals surface area contributed by atoms with Crippen molar-refractivity contribution in [1.82, 2.24) is 4.90 Å². The molecule has 0 spiro atoms. The number of rotatable bonds is 9. The summed E-state index contributed by atoms with van der Waals surface area (Å²) in [5.74, 6) is 1.71. The maximum Gasteiger partial charge on any atom is 0.119 e. The number of likely N-dealkylation sites (N-methyl/N-ethyl adjacent to an activating group) is 1. The smallest absolute Gasteiger partial charge is 0.119 e. The SMILES string of the molecule is CN(CCOCC1CC1)CCOc1ccc(N)cc1. The molecule has 0 heterocycles. The van der Waals surface area contributed by atoms with Gasteiger partial charge in [0.2, 0.25) is 0 Å². The summed E-state index contributed by atoms with van der Waals surface area (Å²) in [6.45, 7) is 4.29. The highest BCUT2D eigenvalue weighted by Crippen LogP contribution is 2.28. The second-order valence-electron chi connectivity index (χ2n) is 5.24. The first kappa shape index (κ1) is 14.2. The van der Waals surface area contributed by atoms with Gasteiger partial charge in [0.1, 0.15) is 12.4 Å². The maximum absolute atomic E-state index is 5.65. The van der Waals surface area contributed by atoms with Gasteiger partial charge in [0.05, 0.1) is 6.61 Å². The maximum atomic E-state index is 5.65. The molecule has 19 heavy (non-hydrogen) atoms. The first-order valence-corrected chi connectivity index (χ1v) is 6.98. The molecule has 1 aromatic carbocycles. The Hall–Kier alpha value is -1.26. The fraction of sp³-hybridized carbons (Fsp3) is 0.600. The largest absolute Gasteiger partial charge is 0.492 e. The van der Waals surface area contributed by atoms with Crippen molar-refractivity contribution in [3.63, 3.8) is 0 Å². The minimum atomic E-state index is 0.684. The van der Waals surface area contributed by atoms with Crippen molar-refractivity contribution in [3.8, 4) is 5.75 Å². The minimum Gasteiger partial charge on any atom is -0.492 e. The molecule has 0 saturated heterocycles. The normalized spacial score (nSPS) is 14.8. The van der Waals surface area contributed by atoms with Crippen LogP contribution in [0.1, 0.15) is 12.8 Å². The quantitative estimate of drug-likeness (QED) is 0.547. The highest BCUT2D eigenvalue weighted by molar-refractivity contribution is 5.41. The molecule has 1 aromatic rings. The molecule has 1 saturated carbocycles. The summed E-state index contributed by atoms with van der Waals surface area (Å²) < 4.78 is 11.3. The van der Waals surface area contributed by atoms with Crippen molar-refractivity contribution in [2.45, 2.75) is 12.8 Å². The molecular weight excluding hydrogens is 240 g/mol. The van der Waals surface area contributed by atoms with Gasteiger partial charge in [0.25, 0.3) is 0 Å². The van der Waals surface area contributed by atoms with Crippen molar-refractivity contribution in [1.29, 1.82) is 0 Å². The zero-order valence-corrected chi connectivity index (χ0v) is 11.7. The number of hydrogen-bond acceptors (Lipinski definition) is 4. The first-order valence-electron chi connectivity index (χ1n) is 6.98. The highest BCUT2D eigenvalue weighted by Gasteiger charge is 2.20. The van der Waals surface area contributed by atoms with Crippen LogP contribution in [0.3, 0.4) is 0 Å². The summed E-state index contributed by atoms with van der Waals surface area (Å²) in [6, 6.07) is 7.50. The van der Waals surface area contributed by atoms with Crippen LogP contribution in [0.2, 0.25) is 0 Å². The lowest BCUT2D eigenvalue weighted by atomic mass is 10.3. The van der Waals surface area contributed by atoms with Crippen LogP contribution in [0.15, 0.2) is 24.3 Å². The van der Waals surface area contributed by atoms with Crippen LogP contribution < -0.4 is 10.5 Å². The van der Waals surface area contributed by atoms with Crippen molar-refractivity contribution in [3.05, 3.63) is 24.3 Å². The molecule has 106 valence electrons. The van der Waals surface area contributed by atoms with Gasteiger partial charge in [-0.05, 0) is 50.1 Å². The van der Waals surface area contributed by atoms with E-state index in [1.54, 1.807) is 0 Å². The summed E-state index contributed by atoms with van der Waals surface area (Å²) >= 11 is 0. The predicted molar refractivity (Wildman–Crippen MR) is 77.4 cm³/mol. The molecule has 1 aliphatic carbocycles. The second-order valence-corrected chi connectivity index (χ2v) is 5.24. The van der Waals surface area contributed by atoms with Gasteiger partial charge in [-0.15, -0.1) is 0 Å². The molecule has 0 atom stereocenters. The van der Waals surface area contributed by atoms with Gasteiger partial charge < -0.3 is 20.1 Å². The average Bonchev–Trinajstić information content (AvgIpc) is 3.21. The van der Waals surface area contributed by atoms with E-state index in [2.05, 4.69) is 11.9 Å². The van der Waals surface area contributed by atoms with Crippen LogP contribution in [0.4, 0.5) is 5.69 Å². The molecule has 1 fully saturated rings. The Kier molecular flexibility index (Phi) is 5.48. The lowest BCUT2D eigenvalue weighted by Crippen LogP contribution is -2.28. The van der Waals surface area contributed by atoms with Crippen LogP contribution in [0.25, 0.3) is 0 Å². The fourth-order valence-corrected chi connectivity index (χ4v) is 1.75. The third-order valence-electron chi connectivity index (χ3n) is 3.29. The summed E-state index contributed by atoms with van der Waals surface area (Å²) in [4.78, 5) is 2.23. The van der Waals surface area contributed by atoms with Crippen LogP contribution >= 0.6 is 0 Å².